The van der Waals surface area contributed by atoms with Gasteiger partial charge in [0.25, 0.3) is 0 Å². The van der Waals surface area contributed by atoms with Crippen molar-refractivity contribution in [3.8, 4) is 22.5 Å². The summed E-state index contributed by atoms with van der Waals surface area (Å²) in [6.45, 7) is 2.96. The SMILES string of the molecule is Cc1cc(C2CCCCN2)cc(F)c1-c1cc(-c2cnn(C)c2)n[nH]1. The number of halogens is 1. The number of aromatic nitrogens is 4. The molecule has 2 N–H and O–H groups in total. The number of piperidine rings is 1. The van der Waals surface area contributed by atoms with Gasteiger partial charge >= 0.3 is 0 Å². The summed E-state index contributed by atoms with van der Waals surface area (Å²) in [5.74, 6) is -0.205. The first-order valence-corrected chi connectivity index (χ1v) is 8.70. The Labute approximate surface area is 146 Å². The maximum Gasteiger partial charge on any atom is 0.133 e. The molecule has 0 bridgehead atoms. The Morgan fingerprint density at radius 1 is 1.24 bits per heavy atom. The standard InChI is InChI=1S/C19H22FN5/c1-12-7-13(16-5-3-4-6-21-16)8-15(20)19(12)18-9-17(23-24-18)14-10-22-25(2)11-14/h7-11,16,21H,3-6H2,1-2H3,(H,23,24). The lowest BCUT2D eigenvalue weighted by Gasteiger charge is -2.24. The average Bonchev–Trinajstić information content (AvgIpc) is 3.24. The molecule has 1 fully saturated rings. The number of nitrogens with zero attached hydrogens (tertiary/aromatic N) is 3. The van der Waals surface area contributed by atoms with E-state index in [1.807, 2.05) is 26.2 Å². The van der Waals surface area contributed by atoms with E-state index in [1.54, 1.807) is 16.9 Å². The van der Waals surface area contributed by atoms with Gasteiger partial charge in [0.15, 0.2) is 0 Å². The van der Waals surface area contributed by atoms with Crippen LogP contribution in [-0.4, -0.2) is 26.5 Å². The summed E-state index contributed by atoms with van der Waals surface area (Å²) in [6, 6.07) is 5.88. The maximum atomic E-state index is 14.9. The predicted molar refractivity (Wildman–Crippen MR) is 95.5 cm³/mol. The molecular formula is C19H22FN5. The highest BCUT2D eigenvalue weighted by molar-refractivity contribution is 5.70. The van der Waals surface area contributed by atoms with Gasteiger partial charge in [-0.05, 0) is 49.6 Å². The minimum absolute atomic E-state index is 0.205. The van der Waals surface area contributed by atoms with Crippen molar-refractivity contribution in [1.82, 2.24) is 25.3 Å². The van der Waals surface area contributed by atoms with E-state index in [-0.39, 0.29) is 11.9 Å². The van der Waals surface area contributed by atoms with Crippen LogP contribution in [0.5, 0.6) is 0 Å². The summed E-state index contributed by atoms with van der Waals surface area (Å²) < 4.78 is 16.6. The van der Waals surface area contributed by atoms with Gasteiger partial charge in [0.2, 0.25) is 0 Å². The monoisotopic (exact) mass is 339 g/mol. The first-order chi connectivity index (χ1) is 12.1. The molecule has 0 spiro atoms. The lowest BCUT2D eigenvalue weighted by Crippen LogP contribution is -2.26. The van der Waals surface area contributed by atoms with Crippen molar-refractivity contribution in [2.45, 2.75) is 32.2 Å². The zero-order valence-corrected chi connectivity index (χ0v) is 14.5. The quantitative estimate of drug-likeness (QED) is 0.764. The molecule has 1 atom stereocenters. The molecule has 1 aliphatic rings. The summed E-state index contributed by atoms with van der Waals surface area (Å²) in [5, 5.41) is 14.9. The third-order valence-corrected chi connectivity index (χ3v) is 4.87. The van der Waals surface area contributed by atoms with Crippen molar-refractivity contribution < 1.29 is 4.39 Å². The van der Waals surface area contributed by atoms with Gasteiger partial charge < -0.3 is 5.32 Å². The molecule has 5 nitrogen and oxygen atoms in total. The second kappa shape index (κ2) is 6.44. The summed E-state index contributed by atoms with van der Waals surface area (Å²) in [5.41, 5.74) is 4.90. The Morgan fingerprint density at radius 2 is 2.12 bits per heavy atom. The summed E-state index contributed by atoms with van der Waals surface area (Å²) in [7, 11) is 1.86. The number of nitrogens with one attached hydrogen (secondary N) is 2. The molecule has 0 aliphatic carbocycles. The van der Waals surface area contributed by atoms with E-state index in [0.717, 1.165) is 35.3 Å². The predicted octanol–water partition coefficient (Wildman–Crippen LogP) is 3.74. The molecule has 2 aromatic heterocycles. The summed E-state index contributed by atoms with van der Waals surface area (Å²) in [6.07, 6.45) is 7.09. The fourth-order valence-electron chi connectivity index (χ4n) is 3.60. The number of benzene rings is 1. The number of aryl methyl sites for hydroxylation is 2. The van der Waals surface area contributed by atoms with Crippen LogP contribution in [0.25, 0.3) is 22.5 Å². The van der Waals surface area contributed by atoms with E-state index in [9.17, 15) is 4.39 Å². The largest absolute Gasteiger partial charge is 0.310 e. The first-order valence-electron chi connectivity index (χ1n) is 8.70. The molecule has 0 radical (unpaired) electrons. The maximum absolute atomic E-state index is 14.9. The minimum Gasteiger partial charge on any atom is -0.310 e. The number of aromatic amines is 1. The highest BCUT2D eigenvalue weighted by Crippen LogP contribution is 2.32. The van der Waals surface area contributed by atoms with Crippen LogP contribution in [0, 0.1) is 12.7 Å². The molecular weight excluding hydrogens is 317 g/mol. The van der Waals surface area contributed by atoms with Gasteiger partial charge in [0, 0.05) is 30.4 Å². The Kier molecular flexibility index (Phi) is 4.13. The van der Waals surface area contributed by atoms with Crippen molar-refractivity contribution in [3.05, 3.63) is 47.5 Å². The third kappa shape index (κ3) is 3.09. The topological polar surface area (TPSA) is 58.5 Å². The van der Waals surface area contributed by atoms with Crippen molar-refractivity contribution in [1.29, 1.82) is 0 Å². The van der Waals surface area contributed by atoms with Crippen LogP contribution in [0.1, 0.15) is 36.4 Å². The second-order valence-electron chi connectivity index (χ2n) is 6.77. The van der Waals surface area contributed by atoms with Gasteiger partial charge in [0.1, 0.15) is 5.82 Å². The fraction of sp³-hybridized carbons (Fsp3) is 0.368. The van der Waals surface area contributed by atoms with Crippen molar-refractivity contribution in [3.63, 3.8) is 0 Å². The molecule has 3 aromatic rings. The number of hydrogen-bond acceptors (Lipinski definition) is 3. The molecule has 1 saturated heterocycles. The van der Waals surface area contributed by atoms with Gasteiger partial charge in [-0.2, -0.15) is 10.2 Å². The number of hydrogen-bond donors (Lipinski definition) is 2. The fourth-order valence-corrected chi connectivity index (χ4v) is 3.60. The van der Waals surface area contributed by atoms with Crippen LogP contribution >= 0.6 is 0 Å². The average molecular weight is 339 g/mol. The van der Waals surface area contributed by atoms with Crippen LogP contribution in [0.15, 0.2) is 30.6 Å². The number of rotatable bonds is 3. The highest BCUT2D eigenvalue weighted by Gasteiger charge is 2.19. The van der Waals surface area contributed by atoms with Crippen LogP contribution in [0.4, 0.5) is 4.39 Å². The zero-order valence-electron chi connectivity index (χ0n) is 14.5. The molecule has 1 aromatic carbocycles. The summed E-state index contributed by atoms with van der Waals surface area (Å²) >= 11 is 0. The van der Waals surface area contributed by atoms with Crippen LogP contribution in [0.3, 0.4) is 0 Å². The Hall–Kier alpha value is -2.47. The van der Waals surface area contributed by atoms with E-state index in [2.05, 4.69) is 26.7 Å². The Balaban J connectivity index is 1.67. The van der Waals surface area contributed by atoms with E-state index >= 15 is 0 Å². The van der Waals surface area contributed by atoms with E-state index in [1.165, 1.54) is 12.8 Å². The molecule has 25 heavy (non-hydrogen) atoms. The zero-order chi connectivity index (χ0) is 17.4. The molecule has 1 aliphatic heterocycles. The van der Waals surface area contributed by atoms with Crippen LogP contribution in [-0.2, 0) is 7.05 Å². The molecule has 0 amide bonds. The van der Waals surface area contributed by atoms with E-state index in [0.29, 0.717) is 11.3 Å². The van der Waals surface area contributed by atoms with Crippen molar-refractivity contribution in [2.75, 3.05) is 6.54 Å². The Bertz CT molecular complexity index is 866. The van der Waals surface area contributed by atoms with Gasteiger partial charge in [-0.25, -0.2) is 4.39 Å². The van der Waals surface area contributed by atoms with Gasteiger partial charge in [0.05, 0.1) is 17.6 Å². The van der Waals surface area contributed by atoms with Gasteiger partial charge in [-0.15, -0.1) is 0 Å². The smallest absolute Gasteiger partial charge is 0.133 e. The molecule has 1 unspecified atom stereocenters. The highest BCUT2D eigenvalue weighted by atomic mass is 19.1. The minimum atomic E-state index is -0.205. The summed E-state index contributed by atoms with van der Waals surface area (Å²) in [4.78, 5) is 0. The molecule has 6 heteroatoms. The van der Waals surface area contributed by atoms with Gasteiger partial charge in [-0.3, -0.25) is 9.78 Å². The molecule has 130 valence electrons. The normalized spacial score (nSPS) is 17.8. The lowest BCUT2D eigenvalue weighted by atomic mass is 9.93. The molecule has 4 rings (SSSR count). The molecule has 0 saturated carbocycles. The van der Waals surface area contributed by atoms with E-state index < -0.39 is 0 Å². The lowest BCUT2D eigenvalue weighted by molar-refractivity contribution is 0.411. The van der Waals surface area contributed by atoms with Crippen molar-refractivity contribution in [2.24, 2.45) is 7.05 Å². The molecule has 3 heterocycles. The number of H-pyrrole nitrogens is 1. The third-order valence-electron chi connectivity index (χ3n) is 4.87. The second-order valence-corrected chi connectivity index (χ2v) is 6.77. The first kappa shape index (κ1) is 16.0. The van der Waals surface area contributed by atoms with Gasteiger partial charge in [-0.1, -0.05) is 12.5 Å². The van der Waals surface area contributed by atoms with Crippen LogP contribution < -0.4 is 5.32 Å². The van der Waals surface area contributed by atoms with Crippen LogP contribution in [0.2, 0.25) is 0 Å². The van der Waals surface area contributed by atoms with Crippen molar-refractivity contribution >= 4 is 0 Å². The Morgan fingerprint density at radius 3 is 2.80 bits per heavy atom. The van der Waals surface area contributed by atoms with E-state index in [4.69, 9.17) is 0 Å².